The highest BCUT2D eigenvalue weighted by atomic mass is 79.9. The van der Waals surface area contributed by atoms with E-state index in [0.717, 1.165) is 16.3 Å². The van der Waals surface area contributed by atoms with Crippen molar-refractivity contribution in [3.63, 3.8) is 0 Å². The lowest BCUT2D eigenvalue weighted by molar-refractivity contribution is -0.141. The van der Waals surface area contributed by atoms with Crippen LogP contribution in [0.15, 0.2) is 97.1 Å². The monoisotopic (exact) mass is 713 g/mol. The predicted octanol–water partition coefficient (Wildman–Crippen LogP) is 5.88. The molecule has 0 aliphatic carbocycles. The van der Waals surface area contributed by atoms with Crippen LogP contribution in [0.25, 0.3) is 10.8 Å². The molecule has 2 bridgehead atoms. The molecule has 0 aromatic heterocycles. The van der Waals surface area contributed by atoms with E-state index in [4.69, 9.17) is 4.74 Å². The van der Waals surface area contributed by atoms with E-state index in [0.29, 0.717) is 36.6 Å². The molecule has 47 heavy (non-hydrogen) atoms. The van der Waals surface area contributed by atoms with Crippen LogP contribution in [0.5, 0.6) is 5.75 Å². The van der Waals surface area contributed by atoms with Crippen LogP contribution in [0.4, 0.5) is 11.4 Å². The number of rotatable bonds is 10. The summed E-state index contributed by atoms with van der Waals surface area (Å²) in [5.41, 5.74) is 2.18. The first-order valence-corrected chi connectivity index (χ1v) is 17.7. The lowest BCUT2D eigenvalue weighted by Crippen LogP contribution is -2.55. The van der Waals surface area contributed by atoms with Gasteiger partial charge in [-0.15, -0.1) is 11.8 Å². The minimum absolute atomic E-state index is 0.0785. The molecule has 4 aromatic rings. The maximum Gasteiger partial charge on any atom is 0.248 e. The van der Waals surface area contributed by atoms with Gasteiger partial charge in [0.2, 0.25) is 17.7 Å². The van der Waals surface area contributed by atoms with Crippen molar-refractivity contribution in [1.82, 2.24) is 4.90 Å². The third kappa shape index (κ3) is 5.70. The molecule has 3 saturated heterocycles. The van der Waals surface area contributed by atoms with Crippen molar-refractivity contribution >= 4 is 67.6 Å². The zero-order valence-electron chi connectivity index (χ0n) is 25.8. The number of aliphatic hydroxyl groups excluding tert-OH is 1. The second kappa shape index (κ2) is 13.0. The number of hydrogen-bond donors (Lipinski definition) is 3. The summed E-state index contributed by atoms with van der Waals surface area (Å²) in [7, 11) is 0. The number of hydrogen-bond acceptors (Lipinski definition) is 6. The first-order chi connectivity index (χ1) is 22.8. The van der Waals surface area contributed by atoms with Gasteiger partial charge in [0.25, 0.3) is 0 Å². The van der Waals surface area contributed by atoms with Crippen molar-refractivity contribution in [2.24, 2.45) is 11.8 Å². The van der Waals surface area contributed by atoms with Crippen LogP contribution in [-0.4, -0.2) is 67.8 Å². The van der Waals surface area contributed by atoms with Crippen LogP contribution in [0, 0.1) is 11.8 Å². The Labute approximate surface area is 286 Å². The number of fused-ring (bicyclic) bond motifs is 2. The Balaban J connectivity index is 1.24. The van der Waals surface area contributed by atoms with Gasteiger partial charge in [-0.2, -0.15) is 0 Å². The summed E-state index contributed by atoms with van der Waals surface area (Å²) in [4.78, 5) is 44.8. The second-order valence-electron chi connectivity index (χ2n) is 12.4. The molecule has 242 valence electrons. The molecular formula is C37H36BrN3O5S. The minimum Gasteiger partial charge on any atom is -0.494 e. The van der Waals surface area contributed by atoms with Crippen LogP contribution >= 0.6 is 27.7 Å². The zero-order chi connectivity index (χ0) is 32.7. The number of nitrogens with zero attached hydrogens (tertiary/aromatic N) is 1. The highest BCUT2D eigenvalue weighted by Gasteiger charge is 2.76. The van der Waals surface area contributed by atoms with Crippen molar-refractivity contribution in [3.8, 4) is 5.75 Å². The maximum absolute atomic E-state index is 14.7. The molecule has 10 heteroatoms. The van der Waals surface area contributed by atoms with E-state index in [2.05, 4.69) is 26.6 Å². The van der Waals surface area contributed by atoms with Gasteiger partial charge in [0.1, 0.15) is 11.8 Å². The smallest absolute Gasteiger partial charge is 0.248 e. The van der Waals surface area contributed by atoms with Crippen molar-refractivity contribution in [1.29, 1.82) is 0 Å². The summed E-state index contributed by atoms with van der Waals surface area (Å²) < 4.78 is 4.69. The Morgan fingerprint density at radius 1 is 0.957 bits per heavy atom. The molecule has 4 aromatic carbocycles. The zero-order valence-corrected chi connectivity index (χ0v) is 28.2. The largest absolute Gasteiger partial charge is 0.494 e. The van der Waals surface area contributed by atoms with Gasteiger partial charge in [0.05, 0.1) is 35.8 Å². The lowest BCUT2D eigenvalue weighted by atomic mass is 9.70. The first kappa shape index (κ1) is 31.7. The third-order valence-electron chi connectivity index (χ3n) is 9.65. The summed E-state index contributed by atoms with van der Waals surface area (Å²) in [6, 6.07) is 29.0. The van der Waals surface area contributed by atoms with Crippen LogP contribution in [-0.2, 0) is 20.8 Å². The average molecular weight is 715 g/mol. The number of halogens is 1. The lowest BCUT2D eigenvalue weighted by Gasteiger charge is -2.37. The summed E-state index contributed by atoms with van der Waals surface area (Å²) in [6.07, 6.45) is 0.919. The topological polar surface area (TPSA) is 108 Å². The number of carbonyl (C=O) groups is 3. The van der Waals surface area contributed by atoms with E-state index >= 15 is 0 Å². The van der Waals surface area contributed by atoms with Gasteiger partial charge in [-0.25, -0.2) is 0 Å². The number of alkyl halides is 1. The van der Waals surface area contributed by atoms with Crippen molar-refractivity contribution in [3.05, 3.63) is 103 Å². The minimum atomic E-state index is -0.898. The normalized spacial score (nSPS) is 26.7. The number of ether oxygens (including phenoxy) is 1. The van der Waals surface area contributed by atoms with E-state index < -0.39 is 28.7 Å². The molecule has 7 rings (SSSR count). The van der Waals surface area contributed by atoms with Crippen LogP contribution in [0.1, 0.15) is 18.9 Å². The average Bonchev–Trinajstić information content (AvgIpc) is 3.68. The molecular weight excluding hydrogens is 678 g/mol. The second-order valence-corrected chi connectivity index (χ2v) is 15.1. The Morgan fingerprint density at radius 2 is 1.64 bits per heavy atom. The van der Waals surface area contributed by atoms with E-state index in [1.54, 1.807) is 40.9 Å². The molecule has 3 aliphatic rings. The standard InChI is InChI=1S/C37H36BrN3O5S/c1-2-46-28-16-14-25(15-17-28)39-34(43)30-31-36(45)41(27(21-42)18-22-8-4-3-5-9-22)33(37(31)20-29(38)32(30)47-37)35(44)40-26-13-12-23-10-6-7-11-24(23)19-26/h3-17,19,27,29-33,42H,2,18,20-21H2,1H3,(H,39,43)(H,40,44)/t27-,29?,30-,31+,32-,33?,37?/m1/s1. The van der Waals surface area contributed by atoms with Gasteiger partial charge < -0.3 is 25.4 Å². The molecule has 3 unspecified atom stereocenters. The Bertz CT molecular complexity index is 1810. The predicted molar refractivity (Wildman–Crippen MR) is 189 cm³/mol. The Hall–Kier alpha value is -3.86. The molecule has 3 fully saturated rings. The fraction of sp³-hybridized carbons (Fsp3) is 0.324. The van der Waals surface area contributed by atoms with E-state index in [9.17, 15) is 19.5 Å². The molecule has 3 N–H and O–H groups in total. The summed E-state index contributed by atoms with van der Waals surface area (Å²) in [5, 5.41) is 18.7. The molecule has 0 radical (unpaired) electrons. The first-order valence-electron chi connectivity index (χ1n) is 15.9. The third-order valence-corrected chi connectivity index (χ3v) is 12.9. The summed E-state index contributed by atoms with van der Waals surface area (Å²) in [6.45, 7) is 2.13. The SMILES string of the molecule is CCOc1ccc(NC(=O)[C@H]2[C@@H]3SC4(CC3Br)C(C(=O)Nc3ccc5ccccc5c3)N([C@@H](CO)Cc3ccccc3)C(=O)[C@H]24)cc1. The van der Waals surface area contributed by atoms with Crippen molar-refractivity contribution < 1.29 is 24.2 Å². The maximum atomic E-state index is 14.7. The molecule has 1 spiro atoms. The summed E-state index contributed by atoms with van der Waals surface area (Å²) >= 11 is 5.41. The highest BCUT2D eigenvalue weighted by Crippen LogP contribution is 2.68. The van der Waals surface area contributed by atoms with Crippen LogP contribution < -0.4 is 15.4 Å². The molecule has 3 heterocycles. The fourth-order valence-electron chi connectivity index (χ4n) is 7.70. The molecule has 0 saturated carbocycles. The van der Waals surface area contributed by atoms with Gasteiger partial charge in [-0.3, -0.25) is 14.4 Å². The van der Waals surface area contributed by atoms with Crippen LogP contribution in [0.2, 0.25) is 0 Å². The van der Waals surface area contributed by atoms with Gasteiger partial charge in [-0.1, -0.05) is 76.6 Å². The summed E-state index contributed by atoms with van der Waals surface area (Å²) in [5.74, 6) is -1.53. The molecule has 7 atom stereocenters. The number of nitrogens with one attached hydrogen (secondary N) is 2. The highest BCUT2D eigenvalue weighted by molar-refractivity contribution is 9.09. The Morgan fingerprint density at radius 3 is 2.36 bits per heavy atom. The van der Waals surface area contributed by atoms with Crippen molar-refractivity contribution in [2.75, 3.05) is 23.8 Å². The van der Waals surface area contributed by atoms with E-state index in [-0.39, 0.29) is 34.4 Å². The van der Waals surface area contributed by atoms with Crippen LogP contribution in [0.3, 0.4) is 0 Å². The Kier molecular flexibility index (Phi) is 8.76. The molecule has 3 aliphatic heterocycles. The van der Waals surface area contributed by atoms with E-state index in [1.807, 2.05) is 79.7 Å². The van der Waals surface area contributed by atoms with Gasteiger partial charge in [0.15, 0.2) is 0 Å². The van der Waals surface area contributed by atoms with Gasteiger partial charge in [-0.05, 0) is 72.5 Å². The fourth-order valence-corrected chi connectivity index (χ4v) is 11.3. The quantitative estimate of drug-likeness (QED) is 0.177. The number of carbonyl (C=O) groups excluding carboxylic acids is 3. The number of aliphatic hydroxyl groups is 1. The number of likely N-dealkylation sites (tertiary alicyclic amines) is 1. The molecule has 3 amide bonds. The number of benzene rings is 4. The van der Waals surface area contributed by atoms with E-state index in [1.165, 1.54) is 0 Å². The van der Waals surface area contributed by atoms with Gasteiger partial charge in [0, 0.05) is 21.5 Å². The van der Waals surface area contributed by atoms with Crippen molar-refractivity contribution in [2.45, 2.75) is 46.7 Å². The van der Waals surface area contributed by atoms with Gasteiger partial charge >= 0.3 is 0 Å². The number of amides is 3. The molecule has 8 nitrogen and oxygen atoms in total. The number of anilines is 2. The number of thioether (sulfide) groups is 1.